The standard InChI is InChI=1S/C21H30O3/c1-13(2)9-10-16-17(11-14(3)4)18(12-15(5)6)21(24-8)19(22)20(16)23-7/h9,11-12,22H,10H2,1-8H3. The predicted molar refractivity (Wildman–Crippen MR) is 103 cm³/mol. The van der Waals surface area contributed by atoms with Gasteiger partial charge in [0.05, 0.1) is 14.2 Å². The zero-order chi connectivity index (χ0) is 18.4. The van der Waals surface area contributed by atoms with E-state index in [0.29, 0.717) is 17.9 Å². The van der Waals surface area contributed by atoms with Crippen molar-refractivity contribution in [1.82, 2.24) is 0 Å². The molecule has 0 fully saturated rings. The maximum Gasteiger partial charge on any atom is 0.201 e. The van der Waals surface area contributed by atoms with Crippen LogP contribution < -0.4 is 9.47 Å². The van der Waals surface area contributed by atoms with Gasteiger partial charge in [-0.1, -0.05) is 34.9 Å². The van der Waals surface area contributed by atoms with E-state index in [2.05, 4.69) is 39.8 Å². The van der Waals surface area contributed by atoms with Gasteiger partial charge in [0.15, 0.2) is 11.5 Å². The van der Waals surface area contributed by atoms with Crippen molar-refractivity contribution >= 4 is 12.2 Å². The number of hydrogen-bond donors (Lipinski definition) is 1. The molecule has 24 heavy (non-hydrogen) atoms. The van der Waals surface area contributed by atoms with Crippen molar-refractivity contribution in [3.63, 3.8) is 0 Å². The summed E-state index contributed by atoms with van der Waals surface area (Å²) in [6.45, 7) is 12.3. The third kappa shape index (κ3) is 4.67. The Labute approximate surface area is 146 Å². The molecule has 0 aromatic heterocycles. The monoisotopic (exact) mass is 330 g/mol. The normalized spacial score (nSPS) is 10.0. The quantitative estimate of drug-likeness (QED) is 0.673. The zero-order valence-electron chi connectivity index (χ0n) is 16.2. The van der Waals surface area contributed by atoms with Crippen LogP contribution in [0, 0.1) is 0 Å². The third-order valence-electron chi connectivity index (χ3n) is 3.55. The van der Waals surface area contributed by atoms with Gasteiger partial charge in [0, 0.05) is 11.1 Å². The largest absolute Gasteiger partial charge is 0.502 e. The van der Waals surface area contributed by atoms with Crippen molar-refractivity contribution in [3.05, 3.63) is 39.5 Å². The van der Waals surface area contributed by atoms with Gasteiger partial charge in [-0.3, -0.25) is 0 Å². The summed E-state index contributed by atoms with van der Waals surface area (Å²) in [5, 5.41) is 10.7. The van der Waals surface area contributed by atoms with Crippen LogP contribution in [0.25, 0.3) is 12.2 Å². The SMILES string of the molecule is COc1c(O)c(OC)c(CC=C(C)C)c(C=C(C)C)c1C=C(C)C. The summed E-state index contributed by atoms with van der Waals surface area (Å²) in [5.41, 5.74) is 6.40. The highest BCUT2D eigenvalue weighted by Gasteiger charge is 2.22. The fourth-order valence-corrected chi connectivity index (χ4v) is 2.60. The van der Waals surface area contributed by atoms with Gasteiger partial charge in [0.25, 0.3) is 0 Å². The first-order chi connectivity index (χ1) is 11.2. The van der Waals surface area contributed by atoms with E-state index < -0.39 is 0 Å². The lowest BCUT2D eigenvalue weighted by atomic mass is 9.92. The van der Waals surface area contributed by atoms with Gasteiger partial charge in [-0.25, -0.2) is 0 Å². The highest BCUT2D eigenvalue weighted by atomic mass is 16.5. The first-order valence-corrected chi connectivity index (χ1v) is 8.15. The van der Waals surface area contributed by atoms with E-state index >= 15 is 0 Å². The van der Waals surface area contributed by atoms with E-state index in [-0.39, 0.29) is 5.75 Å². The van der Waals surface area contributed by atoms with E-state index in [1.807, 2.05) is 19.9 Å². The van der Waals surface area contributed by atoms with Gasteiger partial charge in [-0.2, -0.15) is 0 Å². The summed E-state index contributed by atoms with van der Waals surface area (Å²) in [7, 11) is 3.15. The van der Waals surface area contributed by atoms with Crippen LogP contribution in [-0.2, 0) is 6.42 Å². The zero-order valence-corrected chi connectivity index (χ0v) is 16.2. The molecular weight excluding hydrogens is 300 g/mol. The first-order valence-electron chi connectivity index (χ1n) is 8.15. The van der Waals surface area contributed by atoms with Crippen molar-refractivity contribution < 1.29 is 14.6 Å². The van der Waals surface area contributed by atoms with Crippen molar-refractivity contribution in [3.8, 4) is 17.2 Å². The summed E-state index contributed by atoms with van der Waals surface area (Å²) in [4.78, 5) is 0. The van der Waals surface area contributed by atoms with Crippen LogP contribution in [0.4, 0.5) is 0 Å². The fraction of sp³-hybridized carbons (Fsp3) is 0.429. The number of allylic oxidation sites excluding steroid dienone is 4. The number of methoxy groups -OCH3 is 2. The molecule has 0 unspecified atom stereocenters. The maximum atomic E-state index is 10.7. The van der Waals surface area contributed by atoms with Crippen LogP contribution in [0.5, 0.6) is 17.2 Å². The first kappa shape index (κ1) is 19.9. The van der Waals surface area contributed by atoms with Crippen LogP contribution in [0.2, 0.25) is 0 Å². The lowest BCUT2D eigenvalue weighted by Gasteiger charge is -2.20. The number of phenols is 1. The van der Waals surface area contributed by atoms with Gasteiger partial charge >= 0.3 is 0 Å². The summed E-state index contributed by atoms with van der Waals surface area (Å²) in [5.74, 6) is 0.972. The second-order valence-corrected chi connectivity index (χ2v) is 6.65. The van der Waals surface area contributed by atoms with Crippen molar-refractivity contribution in [2.75, 3.05) is 14.2 Å². The van der Waals surface area contributed by atoms with Gasteiger partial charge in [-0.15, -0.1) is 0 Å². The predicted octanol–water partition coefficient (Wildman–Crippen LogP) is 5.76. The Morgan fingerprint density at radius 1 is 0.792 bits per heavy atom. The van der Waals surface area contributed by atoms with Crippen LogP contribution in [0.15, 0.2) is 22.8 Å². The molecule has 0 saturated heterocycles. The Hall–Kier alpha value is -2.16. The van der Waals surface area contributed by atoms with Crippen molar-refractivity contribution in [2.24, 2.45) is 0 Å². The average Bonchev–Trinajstić information content (AvgIpc) is 2.47. The van der Waals surface area contributed by atoms with Crippen molar-refractivity contribution in [1.29, 1.82) is 0 Å². The molecule has 1 N–H and O–H groups in total. The molecule has 1 rings (SSSR count). The van der Waals surface area contributed by atoms with E-state index in [1.165, 1.54) is 11.1 Å². The number of ether oxygens (including phenoxy) is 2. The summed E-state index contributed by atoms with van der Waals surface area (Å²) >= 11 is 0. The minimum absolute atomic E-state index is 0.0514. The van der Waals surface area contributed by atoms with Crippen LogP contribution >= 0.6 is 0 Å². The number of phenolic OH excluding ortho intramolecular Hbond substituents is 1. The van der Waals surface area contributed by atoms with Gasteiger partial charge in [0.2, 0.25) is 5.75 Å². The Morgan fingerprint density at radius 2 is 1.29 bits per heavy atom. The maximum absolute atomic E-state index is 10.7. The Kier molecular flexibility index (Phi) is 7.15. The van der Waals surface area contributed by atoms with Gasteiger partial charge in [0.1, 0.15) is 0 Å². The molecule has 0 amide bonds. The van der Waals surface area contributed by atoms with E-state index in [0.717, 1.165) is 22.3 Å². The molecule has 3 heteroatoms. The minimum atomic E-state index is 0.0514. The molecule has 0 heterocycles. The molecule has 1 aromatic rings. The average molecular weight is 330 g/mol. The summed E-state index contributed by atoms with van der Waals surface area (Å²) in [6.07, 6.45) is 6.98. The van der Waals surface area contributed by atoms with Gasteiger partial charge in [-0.05, 0) is 53.5 Å². The van der Waals surface area contributed by atoms with Gasteiger partial charge < -0.3 is 14.6 Å². The molecule has 0 aliphatic carbocycles. The van der Waals surface area contributed by atoms with E-state index in [1.54, 1.807) is 14.2 Å². The van der Waals surface area contributed by atoms with E-state index in [4.69, 9.17) is 9.47 Å². The molecule has 0 aliphatic heterocycles. The lowest BCUT2D eigenvalue weighted by molar-refractivity contribution is 0.337. The van der Waals surface area contributed by atoms with Crippen LogP contribution in [0.1, 0.15) is 58.2 Å². The van der Waals surface area contributed by atoms with Crippen LogP contribution in [-0.4, -0.2) is 19.3 Å². The number of aromatic hydroxyl groups is 1. The molecule has 0 aliphatic rings. The summed E-state index contributed by atoms with van der Waals surface area (Å²) in [6, 6.07) is 0. The highest BCUT2D eigenvalue weighted by molar-refractivity contribution is 5.80. The molecule has 0 bridgehead atoms. The minimum Gasteiger partial charge on any atom is -0.502 e. The molecular formula is C21H30O3. The Bertz CT molecular complexity index is 680. The van der Waals surface area contributed by atoms with E-state index in [9.17, 15) is 5.11 Å². The topological polar surface area (TPSA) is 38.7 Å². The molecule has 0 radical (unpaired) electrons. The van der Waals surface area contributed by atoms with Crippen LogP contribution in [0.3, 0.4) is 0 Å². The number of hydrogen-bond acceptors (Lipinski definition) is 3. The third-order valence-corrected chi connectivity index (χ3v) is 3.55. The molecule has 132 valence electrons. The number of benzene rings is 1. The molecule has 1 aromatic carbocycles. The summed E-state index contributed by atoms with van der Waals surface area (Å²) < 4.78 is 11.0. The fourth-order valence-electron chi connectivity index (χ4n) is 2.60. The Balaban J connectivity index is 3.95. The highest BCUT2D eigenvalue weighted by Crippen LogP contribution is 2.46. The number of rotatable bonds is 6. The lowest BCUT2D eigenvalue weighted by Crippen LogP contribution is -2.02. The Morgan fingerprint density at radius 3 is 1.71 bits per heavy atom. The smallest absolute Gasteiger partial charge is 0.201 e. The van der Waals surface area contributed by atoms with Crippen molar-refractivity contribution in [2.45, 2.75) is 48.0 Å². The molecule has 3 nitrogen and oxygen atoms in total. The second-order valence-electron chi connectivity index (χ2n) is 6.65. The second kappa shape index (κ2) is 8.62. The molecule has 0 spiro atoms. The molecule has 0 saturated carbocycles. The molecule has 0 atom stereocenters.